The number of rotatable bonds is 5. The molecule has 2 saturated carbocycles. The number of carbonyl (C=O) groups excluding carboxylic acids is 1. The van der Waals surface area contributed by atoms with Crippen molar-refractivity contribution in [3.05, 3.63) is 0 Å². The van der Waals surface area contributed by atoms with Crippen molar-refractivity contribution in [2.45, 2.75) is 64.3 Å². The first-order valence-corrected chi connectivity index (χ1v) is 7.58. The zero-order chi connectivity index (χ0) is 13.8. The Morgan fingerprint density at radius 1 is 1.21 bits per heavy atom. The Hall–Kier alpha value is -1.06. The lowest BCUT2D eigenvalue weighted by atomic mass is 9.78. The number of carboxylic acid groups (broad SMARTS) is 1. The van der Waals surface area contributed by atoms with Crippen LogP contribution < -0.4 is 5.32 Å². The van der Waals surface area contributed by atoms with E-state index in [1.807, 2.05) is 0 Å². The molecule has 0 aliphatic heterocycles. The Morgan fingerprint density at radius 3 is 2.42 bits per heavy atom. The third kappa shape index (κ3) is 3.95. The fourth-order valence-electron chi connectivity index (χ4n) is 3.39. The van der Waals surface area contributed by atoms with Crippen molar-refractivity contribution in [3.8, 4) is 0 Å². The molecule has 0 heterocycles. The minimum Gasteiger partial charge on any atom is -0.481 e. The van der Waals surface area contributed by atoms with Gasteiger partial charge in [0.15, 0.2) is 0 Å². The molecule has 2 aliphatic rings. The molecule has 2 rings (SSSR count). The van der Waals surface area contributed by atoms with Gasteiger partial charge in [0, 0.05) is 12.5 Å². The standard InChI is InChI=1S/C15H25NO3/c1-10(11-5-3-2-4-6-11)7-14(17)16-13-8-12(9-13)15(18)19/h10-13H,2-9H2,1H3,(H,16,17)(H,18,19). The summed E-state index contributed by atoms with van der Waals surface area (Å²) in [6.45, 7) is 2.18. The summed E-state index contributed by atoms with van der Waals surface area (Å²) >= 11 is 0. The molecule has 1 unspecified atom stereocenters. The van der Waals surface area contributed by atoms with E-state index < -0.39 is 5.97 Å². The summed E-state index contributed by atoms with van der Waals surface area (Å²) < 4.78 is 0. The van der Waals surface area contributed by atoms with Gasteiger partial charge in [0.05, 0.1) is 5.92 Å². The number of hydrogen-bond donors (Lipinski definition) is 2. The molecule has 19 heavy (non-hydrogen) atoms. The summed E-state index contributed by atoms with van der Waals surface area (Å²) in [5.74, 6) is 0.275. The molecule has 0 saturated heterocycles. The van der Waals surface area contributed by atoms with E-state index in [2.05, 4.69) is 12.2 Å². The largest absolute Gasteiger partial charge is 0.481 e. The molecule has 4 nitrogen and oxygen atoms in total. The van der Waals surface area contributed by atoms with Crippen molar-refractivity contribution in [2.24, 2.45) is 17.8 Å². The molecule has 0 spiro atoms. The van der Waals surface area contributed by atoms with Gasteiger partial charge < -0.3 is 10.4 Å². The van der Waals surface area contributed by atoms with Crippen LogP contribution in [0, 0.1) is 17.8 Å². The summed E-state index contributed by atoms with van der Waals surface area (Å²) in [5, 5.41) is 11.8. The fraction of sp³-hybridized carbons (Fsp3) is 0.867. The molecule has 0 aromatic heterocycles. The highest BCUT2D eigenvalue weighted by molar-refractivity contribution is 5.77. The number of aliphatic carboxylic acids is 1. The predicted molar refractivity (Wildman–Crippen MR) is 72.6 cm³/mol. The summed E-state index contributed by atoms with van der Waals surface area (Å²) in [6, 6.07) is 0.0900. The Kier molecular flexibility index (Phi) is 4.83. The lowest BCUT2D eigenvalue weighted by Gasteiger charge is -2.34. The number of carbonyl (C=O) groups is 2. The topological polar surface area (TPSA) is 66.4 Å². The van der Waals surface area contributed by atoms with Crippen LogP contribution in [0.1, 0.15) is 58.3 Å². The fourth-order valence-corrected chi connectivity index (χ4v) is 3.39. The quantitative estimate of drug-likeness (QED) is 0.804. The van der Waals surface area contributed by atoms with Crippen LogP contribution in [0.4, 0.5) is 0 Å². The van der Waals surface area contributed by atoms with E-state index >= 15 is 0 Å². The predicted octanol–water partition coefficient (Wildman–Crippen LogP) is 2.57. The van der Waals surface area contributed by atoms with E-state index in [1.165, 1.54) is 32.1 Å². The van der Waals surface area contributed by atoms with Crippen molar-refractivity contribution in [3.63, 3.8) is 0 Å². The lowest BCUT2D eigenvalue weighted by molar-refractivity contribution is -0.146. The molecule has 1 atom stereocenters. The molecule has 0 bridgehead atoms. The average Bonchev–Trinajstić information content (AvgIpc) is 2.33. The highest BCUT2D eigenvalue weighted by Crippen LogP contribution is 2.32. The summed E-state index contributed by atoms with van der Waals surface area (Å²) in [5.41, 5.74) is 0. The van der Waals surface area contributed by atoms with Gasteiger partial charge in [-0.15, -0.1) is 0 Å². The van der Waals surface area contributed by atoms with E-state index in [0.717, 1.165) is 0 Å². The molecule has 0 aromatic carbocycles. The van der Waals surface area contributed by atoms with Crippen LogP contribution in [0.3, 0.4) is 0 Å². The highest BCUT2D eigenvalue weighted by atomic mass is 16.4. The maximum absolute atomic E-state index is 11.9. The highest BCUT2D eigenvalue weighted by Gasteiger charge is 2.35. The van der Waals surface area contributed by atoms with Crippen molar-refractivity contribution in [1.82, 2.24) is 5.32 Å². The van der Waals surface area contributed by atoms with Crippen LogP contribution in [0.15, 0.2) is 0 Å². The van der Waals surface area contributed by atoms with Crippen molar-refractivity contribution >= 4 is 11.9 Å². The summed E-state index contributed by atoms with van der Waals surface area (Å²) in [6.07, 6.45) is 8.27. The minimum atomic E-state index is -0.735. The first-order valence-electron chi connectivity index (χ1n) is 7.58. The average molecular weight is 267 g/mol. The van der Waals surface area contributed by atoms with Crippen LogP contribution in [-0.4, -0.2) is 23.0 Å². The number of carboxylic acids is 1. The van der Waals surface area contributed by atoms with Crippen molar-refractivity contribution < 1.29 is 14.7 Å². The van der Waals surface area contributed by atoms with Crippen LogP contribution >= 0.6 is 0 Å². The molecule has 2 fully saturated rings. The van der Waals surface area contributed by atoms with Crippen LogP contribution in [0.25, 0.3) is 0 Å². The van der Waals surface area contributed by atoms with Gasteiger partial charge >= 0.3 is 5.97 Å². The summed E-state index contributed by atoms with van der Waals surface area (Å²) in [4.78, 5) is 22.6. The molecule has 1 amide bonds. The zero-order valence-electron chi connectivity index (χ0n) is 11.7. The smallest absolute Gasteiger partial charge is 0.306 e. The first-order chi connectivity index (χ1) is 9.06. The third-order valence-electron chi connectivity index (χ3n) is 4.81. The number of nitrogens with one attached hydrogen (secondary N) is 1. The Bertz CT molecular complexity index is 330. The van der Waals surface area contributed by atoms with E-state index in [9.17, 15) is 9.59 Å². The van der Waals surface area contributed by atoms with Gasteiger partial charge in [0.1, 0.15) is 0 Å². The molecule has 4 heteroatoms. The van der Waals surface area contributed by atoms with Gasteiger partial charge in [-0.05, 0) is 24.7 Å². The van der Waals surface area contributed by atoms with Gasteiger partial charge in [0.2, 0.25) is 5.91 Å². The van der Waals surface area contributed by atoms with Crippen LogP contribution in [0.2, 0.25) is 0 Å². The van der Waals surface area contributed by atoms with Gasteiger partial charge in [-0.2, -0.15) is 0 Å². The van der Waals surface area contributed by atoms with E-state index in [4.69, 9.17) is 5.11 Å². The van der Waals surface area contributed by atoms with Crippen LogP contribution in [-0.2, 0) is 9.59 Å². The lowest BCUT2D eigenvalue weighted by Crippen LogP contribution is -2.47. The van der Waals surface area contributed by atoms with E-state index in [-0.39, 0.29) is 17.9 Å². The second kappa shape index (κ2) is 6.40. The molecular formula is C15H25NO3. The van der Waals surface area contributed by atoms with Crippen molar-refractivity contribution in [2.75, 3.05) is 0 Å². The van der Waals surface area contributed by atoms with E-state index in [1.54, 1.807) is 0 Å². The van der Waals surface area contributed by atoms with Gasteiger partial charge in [-0.25, -0.2) is 0 Å². The monoisotopic (exact) mass is 267 g/mol. The molecule has 2 N–H and O–H groups in total. The van der Waals surface area contributed by atoms with Crippen molar-refractivity contribution in [1.29, 1.82) is 0 Å². The second-order valence-electron chi connectivity index (χ2n) is 6.35. The SMILES string of the molecule is CC(CC(=O)NC1CC(C(=O)O)C1)C1CCCCC1. The molecule has 0 aromatic rings. The van der Waals surface area contributed by atoms with Gasteiger partial charge in [-0.3, -0.25) is 9.59 Å². The first kappa shape index (κ1) is 14.4. The molecular weight excluding hydrogens is 242 g/mol. The second-order valence-corrected chi connectivity index (χ2v) is 6.35. The van der Waals surface area contributed by atoms with Gasteiger partial charge in [-0.1, -0.05) is 39.0 Å². The maximum Gasteiger partial charge on any atom is 0.306 e. The number of amides is 1. The van der Waals surface area contributed by atoms with Crippen LogP contribution in [0.5, 0.6) is 0 Å². The Labute approximate surface area is 115 Å². The van der Waals surface area contributed by atoms with Gasteiger partial charge in [0.25, 0.3) is 0 Å². The number of hydrogen-bond acceptors (Lipinski definition) is 2. The maximum atomic E-state index is 11.9. The zero-order valence-corrected chi connectivity index (χ0v) is 11.7. The normalized spacial score (nSPS) is 29.3. The summed E-state index contributed by atoms with van der Waals surface area (Å²) in [7, 11) is 0. The Morgan fingerprint density at radius 2 is 1.84 bits per heavy atom. The third-order valence-corrected chi connectivity index (χ3v) is 4.81. The Balaban J connectivity index is 1.65. The van der Waals surface area contributed by atoms with E-state index in [0.29, 0.717) is 31.1 Å². The molecule has 108 valence electrons. The molecule has 2 aliphatic carbocycles. The molecule has 0 radical (unpaired) electrons. The minimum absolute atomic E-state index is 0.0900.